The van der Waals surface area contributed by atoms with Crippen LogP contribution in [-0.2, 0) is 25.9 Å². The predicted molar refractivity (Wildman–Crippen MR) is 252 cm³/mol. The van der Waals surface area contributed by atoms with Crippen LogP contribution in [0.1, 0.15) is 148 Å². The summed E-state index contributed by atoms with van der Waals surface area (Å²) in [6.07, 6.45) is 16.4. The molecule has 1 aliphatic rings. The van der Waals surface area contributed by atoms with Gasteiger partial charge in [0.25, 0.3) is 5.91 Å². The standard InChI is InChI=1S/C24H30N2O5S.C10H22S.C8H18S.C2H6O.C2H6/c1-17-7-3-4-8-19(17)21-15-18(16-26-12-5-6-13-26)9-10-20(21)23(27)25-22(24(28)29)11-14-32(2,30)31;1-5-7-8-10(4)11-9(3)6-2;1-4-6-8(9-3)7-5-2;1-3-2;1-2/h3-4,7-10,15,22H,5-6,11-14,16H2,1-2H3,(H,25,27)(H,28,29);9-10H,5-8H2,1-4H3;8H,4-7H2,1-3H3;1-2H3;1-2H3. The molecule has 2 N–H and O–H groups in total. The van der Waals surface area contributed by atoms with Crippen LogP contribution in [0.3, 0.4) is 0 Å². The fourth-order valence-corrected chi connectivity index (χ4v) is 8.98. The topological polar surface area (TPSA) is 113 Å². The van der Waals surface area contributed by atoms with E-state index in [0.717, 1.165) is 63.9 Å². The highest BCUT2D eigenvalue weighted by molar-refractivity contribution is 8.00. The molecule has 0 bridgehead atoms. The van der Waals surface area contributed by atoms with Crippen LogP contribution in [0.2, 0.25) is 0 Å². The molecular weight excluding hydrogens is 773 g/mol. The zero-order valence-corrected chi connectivity index (χ0v) is 40.6. The summed E-state index contributed by atoms with van der Waals surface area (Å²) in [5.74, 6) is -2.11. The molecule has 57 heavy (non-hydrogen) atoms. The van der Waals surface area contributed by atoms with Gasteiger partial charge in [-0.3, -0.25) is 9.69 Å². The van der Waals surface area contributed by atoms with E-state index in [9.17, 15) is 23.1 Å². The molecule has 3 atom stereocenters. The first-order valence-corrected chi connectivity index (χ1v) is 25.6. The summed E-state index contributed by atoms with van der Waals surface area (Å²) >= 11 is 4.16. The highest BCUT2D eigenvalue weighted by Crippen LogP contribution is 2.29. The Balaban J connectivity index is 0. The van der Waals surface area contributed by atoms with Gasteiger partial charge in [-0.05, 0) is 106 Å². The van der Waals surface area contributed by atoms with E-state index in [0.29, 0.717) is 5.56 Å². The molecule has 2 aromatic rings. The number of carbonyl (C=O) groups is 2. The number of nitrogens with zero attached hydrogens (tertiary/aromatic N) is 1. The normalized spacial score (nSPS) is 13.9. The molecule has 0 saturated carbocycles. The number of carboxylic acids is 1. The van der Waals surface area contributed by atoms with Crippen LogP contribution in [0.15, 0.2) is 42.5 Å². The third-order valence-electron chi connectivity index (χ3n) is 9.31. The van der Waals surface area contributed by atoms with E-state index in [-0.39, 0.29) is 12.2 Å². The molecule has 0 spiro atoms. The van der Waals surface area contributed by atoms with Gasteiger partial charge in [0.05, 0.1) is 5.75 Å². The number of benzene rings is 2. The Hall–Kier alpha value is -2.05. The van der Waals surface area contributed by atoms with Crippen LogP contribution in [0.4, 0.5) is 0 Å². The van der Waals surface area contributed by atoms with Gasteiger partial charge in [0.15, 0.2) is 0 Å². The van der Waals surface area contributed by atoms with Gasteiger partial charge in [0.1, 0.15) is 15.9 Å². The van der Waals surface area contributed by atoms with Crippen molar-refractivity contribution in [3.05, 3.63) is 59.2 Å². The number of methoxy groups -OCH3 is 1. The molecule has 2 aromatic carbocycles. The second-order valence-electron chi connectivity index (χ2n) is 14.6. The van der Waals surface area contributed by atoms with Gasteiger partial charge in [-0.1, -0.05) is 111 Å². The zero-order valence-electron chi connectivity index (χ0n) is 38.1. The molecule has 0 aliphatic carbocycles. The van der Waals surface area contributed by atoms with Gasteiger partial charge in [-0.2, -0.15) is 23.5 Å². The number of aryl methyl sites for hydroxylation is 1. The smallest absolute Gasteiger partial charge is 0.326 e. The second kappa shape index (κ2) is 34.8. The molecule has 1 amide bonds. The Morgan fingerprint density at radius 1 is 0.877 bits per heavy atom. The third-order valence-corrected chi connectivity index (χ3v) is 12.9. The highest BCUT2D eigenvalue weighted by atomic mass is 32.2. The number of sulfone groups is 1. The van der Waals surface area contributed by atoms with Crippen molar-refractivity contribution in [1.82, 2.24) is 10.2 Å². The molecule has 0 radical (unpaired) electrons. The van der Waals surface area contributed by atoms with Gasteiger partial charge >= 0.3 is 5.97 Å². The van der Waals surface area contributed by atoms with E-state index in [1.165, 1.54) is 64.2 Å². The van der Waals surface area contributed by atoms with E-state index in [1.54, 1.807) is 20.3 Å². The minimum absolute atomic E-state index is 0.188. The maximum absolute atomic E-state index is 13.1. The van der Waals surface area contributed by atoms with Crippen LogP contribution < -0.4 is 5.32 Å². The van der Waals surface area contributed by atoms with E-state index >= 15 is 0 Å². The maximum atomic E-state index is 13.1. The summed E-state index contributed by atoms with van der Waals surface area (Å²) in [7, 11) is -0.0964. The Morgan fingerprint density at radius 2 is 1.46 bits per heavy atom. The summed E-state index contributed by atoms with van der Waals surface area (Å²) < 4.78 is 27.2. The lowest BCUT2D eigenvalue weighted by Crippen LogP contribution is -2.42. The van der Waals surface area contributed by atoms with Crippen LogP contribution in [0.5, 0.6) is 0 Å². The molecule has 330 valence electrons. The van der Waals surface area contributed by atoms with Crippen LogP contribution in [0, 0.1) is 6.92 Å². The number of ether oxygens (including phenoxy) is 1. The van der Waals surface area contributed by atoms with Gasteiger partial charge in [0, 0.05) is 48.3 Å². The Bertz CT molecular complexity index is 1430. The van der Waals surface area contributed by atoms with Crippen molar-refractivity contribution in [3.63, 3.8) is 0 Å². The number of hydrogen-bond acceptors (Lipinski definition) is 8. The maximum Gasteiger partial charge on any atom is 0.326 e. The fraction of sp³-hybridized carbons (Fsp3) is 0.696. The van der Waals surface area contributed by atoms with E-state index in [2.05, 4.69) is 74.5 Å². The summed E-state index contributed by atoms with van der Waals surface area (Å²) in [6.45, 7) is 22.6. The Morgan fingerprint density at radius 3 is 1.93 bits per heavy atom. The molecule has 0 aromatic heterocycles. The SMILES string of the molecule is CC.CCCC(CCC)SC.CCCCC(C)SC(C)CC.COC.Cc1ccccc1-c1cc(CN2CCCC2)ccc1C(=O)NC(CCS(C)(=O)=O)C(=O)O. The van der Waals surface area contributed by atoms with Gasteiger partial charge < -0.3 is 15.2 Å². The lowest BCUT2D eigenvalue weighted by atomic mass is 9.93. The summed E-state index contributed by atoms with van der Waals surface area (Å²) in [4.78, 5) is 27.1. The number of carbonyl (C=O) groups excluding carboxylic acids is 1. The van der Waals surface area contributed by atoms with Crippen LogP contribution >= 0.6 is 23.5 Å². The predicted octanol–water partition coefficient (Wildman–Crippen LogP) is 11.6. The quantitative estimate of drug-likeness (QED) is 0.134. The number of thioether (sulfide) groups is 2. The molecule has 1 fully saturated rings. The molecule has 11 heteroatoms. The summed E-state index contributed by atoms with van der Waals surface area (Å²) in [6, 6.07) is 12.1. The van der Waals surface area contributed by atoms with Crippen LogP contribution in [0.25, 0.3) is 11.1 Å². The monoisotopic (exact) mass is 855 g/mol. The van der Waals surface area contributed by atoms with Crippen molar-refractivity contribution in [3.8, 4) is 11.1 Å². The van der Waals surface area contributed by atoms with Crippen molar-refractivity contribution >= 4 is 45.2 Å². The number of unbranched alkanes of at least 4 members (excludes halogenated alkanes) is 1. The number of amides is 1. The fourth-order valence-electron chi connectivity index (χ4n) is 6.09. The number of carboxylic acid groups (broad SMARTS) is 1. The number of hydrogen-bond donors (Lipinski definition) is 2. The molecule has 3 rings (SSSR count). The second-order valence-corrected chi connectivity index (χ2v) is 19.9. The molecule has 1 aliphatic heterocycles. The molecule has 1 saturated heterocycles. The number of aliphatic carboxylic acids is 1. The molecular formula is C46H82N2O6S3. The summed E-state index contributed by atoms with van der Waals surface area (Å²) in [5, 5.41) is 14.6. The molecule has 1 heterocycles. The van der Waals surface area contributed by atoms with Crippen molar-refractivity contribution in [2.24, 2.45) is 0 Å². The Kier molecular flexibility index (Phi) is 34.8. The summed E-state index contributed by atoms with van der Waals surface area (Å²) in [5.41, 5.74) is 4.11. The van der Waals surface area contributed by atoms with Crippen LogP contribution in [-0.4, -0.2) is 97.7 Å². The molecule has 3 unspecified atom stereocenters. The number of likely N-dealkylation sites (tertiary alicyclic amines) is 1. The van der Waals surface area contributed by atoms with E-state index < -0.39 is 27.8 Å². The first kappa shape index (κ1) is 57.0. The van der Waals surface area contributed by atoms with Gasteiger partial charge in [-0.15, -0.1) is 0 Å². The minimum Gasteiger partial charge on any atom is -0.480 e. The zero-order chi connectivity index (χ0) is 43.8. The first-order valence-electron chi connectivity index (χ1n) is 21.3. The van der Waals surface area contributed by atoms with E-state index in [1.807, 2.05) is 68.9 Å². The van der Waals surface area contributed by atoms with Crippen molar-refractivity contribution in [2.45, 2.75) is 161 Å². The van der Waals surface area contributed by atoms with Crippen molar-refractivity contribution < 1.29 is 27.9 Å². The average Bonchev–Trinajstić information content (AvgIpc) is 3.69. The lowest BCUT2D eigenvalue weighted by molar-refractivity contribution is -0.139. The number of nitrogens with one attached hydrogen (secondary N) is 1. The first-order chi connectivity index (χ1) is 27.1. The van der Waals surface area contributed by atoms with Gasteiger partial charge in [0.2, 0.25) is 0 Å². The largest absolute Gasteiger partial charge is 0.480 e. The average molecular weight is 855 g/mol. The minimum atomic E-state index is -3.35. The molecule has 8 nitrogen and oxygen atoms in total. The third kappa shape index (κ3) is 27.4. The Labute approximate surface area is 358 Å². The lowest BCUT2D eigenvalue weighted by Gasteiger charge is -2.19. The highest BCUT2D eigenvalue weighted by Gasteiger charge is 2.24. The van der Waals surface area contributed by atoms with Gasteiger partial charge in [-0.25, -0.2) is 13.2 Å². The number of rotatable bonds is 20. The van der Waals surface area contributed by atoms with Crippen molar-refractivity contribution in [2.75, 3.05) is 45.6 Å². The van der Waals surface area contributed by atoms with E-state index in [4.69, 9.17) is 0 Å². The van der Waals surface area contributed by atoms with Crippen molar-refractivity contribution in [1.29, 1.82) is 0 Å².